The molecule has 3 aromatic rings. The highest BCUT2D eigenvalue weighted by Crippen LogP contribution is 2.35. The summed E-state index contributed by atoms with van der Waals surface area (Å²) in [5, 5.41) is 2.37. The number of carbonyl (C=O) groups excluding carboxylic acids is 3. The van der Waals surface area contributed by atoms with Gasteiger partial charge in [0.25, 0.3) is 5.91 Å². The van der Waals surface area contributed by atoms with E-state index < -0.39 is 11.9 Å². The Morgan fingerprint density at radius 3 is 2.59 bits per heavy atom. The van der Waals surface area contributed by atoms with Gasteiger partial charge in [-0.1, -0.05) is 6.07 Å². The zero-order chi connectivity index (χ0) is 26.5. The van der Waals surface area contributed by atoms with Crippen molar-refractivity contribution in [2.45, 2.75) is 70.2 Å². The van der Waals surface area contributed by atoms with Gasteiger partial charge in [-0.05, 0) is 80.9 Å². The van der Waals surface area contributed by atoms with Crippen LogP contribution in [0, 0.1) is 0 Å². The molecule has 5 heterocycles. The van der Waals surface area contributed by atoms with E-state index in [0.29, 0.717) is 18.5 Å². The lowest BCUT2D eigenvalue weighted by atomic mass is 9.96. The summed E-state index contributed by atoms with van der Waals surface area (Å²) in [6.07, 6.45) is 8.37. The number of carbonyl (C=O) groups is 3. The van der Waals surface area contributed by atoms with Crippen LogP contribution in [0.2, 0.25) is 0 Å². The first-order chi connectivity index (χ1) is 19.0. The van der Waals surface area contributed by atoms with Crippen molar-refractivity contribution in [3.63, 3.8) is 0 Å². The Morgan fingerprint density at radius 1 is 0.974 bits per heavy atom. The third kappa shape index (κ3) is 4.44. The van der Waals surface area contributed by atoms with E-state index in [-0.39, 0.29) is 24.3 Å². The van der Waals surface area contributed by atoms with E-state index in [1.165, 1.54) is 19.3 Å². The summed E-state index contributed by atoms with van der Waals surface area (Å²) in [5.41, 5.74) is 5.96. The molecular formula is C30H31N5O4. The number of pyridine rings is 2. The number of imide groups is 1. The van der Waals surface area contributed by atoms with Crippen LogP contribution < -0.4 is 10.1 Å². The largest absolute Gasteiger partial charge is 0.488 e. The van der Waals surface area contributed by atoms with E-state index in [1.54, 1.807) is 4.90 Å². The zero-order valence-electron chi connectivity index (χ0n) is 21.8. The highest BCUT2D eigenvalue weighted by Gasteiger charge is 2.39. The van der Waals surface area contributed by atoms with E-state index in [1.807, 2.05) is 30.5 Å². The predicted molar refractivity (Wildman–Crippen MR) is 144 cm³/mol. The maximum atomic E-state index is 13.2. The molecule has 0 spiro atoms. The number of piperidine rings is 1. The highest BCUT2D eigenvalue weighted by atomic mass is 16.5. The number of aromatic nitrogens is 2. The molecule has 39 heavy (non-hydrogen) atoms. The average molecular weight is 526 g/mol. The molecule has 2 saturated heterocycles. The van der Waals surface area contributed by atoms with Gasteiger partial charge in [0.2, 0.25) is 11.8 Å². The molecular weight excluding hydrogens is 494 g/mol. The van der Waals surface area contributed by atoms with Gasteiger partial charge in [0.1, 0.15) is 17.3 Å². The van der Waals surface area contributed by atoms with Crippen LogP contribution in [0.25, 0.3) is 22.3 Å². The predicted octanol–water partition coefficient (Wildman–Crippen LogP) is 3.58. The van der Waals surface area contributed by atoms with Crippen LogP contribution in [0.1, 0.15) is 66.4 Å². The molecule has 9 heteroatoms. The van der Waals surface area contributed by atoms with Gasteiger partial charge in [0, 0.05) is 42.9 Å². The Hall–Kier alpha value is -3.85. The summed E-state index contributed by atoms with van der Waals surface area (Å²) in [5.74, 6) is -0.0888. The molecule has 0 bridgehead atoms. The summed E-state index contributed by atoms with van der Waals surface area (Å²) in [7, 11) is 0. The van der Waals surface area contributed by atoms with E-state index in [4.69, 9.17) is 14.7 Å². The molecule has 0 radical (unpaired) electrons. The topological polar surface area (TPSA) is 105 Å². The number of fused-ring (bicyclic) bond motifs is 2. The molecule has 4 aliphatic rings. The molecule has 1 saturated carbocycles. The van der Waals surface area contributed by atoms with Crippen LogP contribution in [0.5, 0.6) is 5.75 Å². The fraction of sp³-hybridized carbons (Fsp3) is 0.433. The van der Waals surface area contributed by atoms with Gasteiger partial charge in [-0.15, -0.1) is 0 Å². The zero-order valence-corrected chi connectivity index (χ0v) is 21.8. The van der Waals surface area contributed by atoms with Crippen molar-refractivity contribution in [1.82, 2.24) is 25.1 Å². The number of rotatable bonds is 6. The van der Waals surface area contributed by atoms with Crippen molar-refractivity contribution in [2.24, 2.45) is 0 Å². The van der Waals surface area contributed by atoms with Gasteiger partial charge in [-0.2, -0.15) is 0 Å². The van der Waals surface area contributed by atoms with E-state index in [2.05, 4.69) is 16.3 Å². The van der Waals surface area contributed by atoms with Crippen LogP contribution in [0.4, 0.5) is 0 Å². The smallest absolute Gasteiger partial charge is 0.255 e. The Kier molecular flexibility index (Phi) is 6.03. The molecule has 3 aliphatic heterocycles. The number of nitrogens with zero attached hydrogens (tertiary/aromatic N) is 4. The van der Waals surface area contributed by atoms with Gasteiger partial charge in [0.15, 0.2) is 0 Å². The SMILES string of the molecule is O=C1CCC(N2Cc3cc(-c4cc(CN5CCCC5)c5nccc(OC6CCC6)c5n4)ccc3C2=O)C(=O)N1. The van der Waals surface area contributed by atoms with Gasteiger partial charge in [-0.25, -0.2) is 4.98 Å². The quantitative estimate of drug-likeness (QED) is 0.491. The number of hydrogen-bond acceptors (Lipinski definition) is 7. The lowest BCUT2D eigenvalue weighted by Crippen LogP contribution is -2.52. The van der Waals surface area contributed by atoms with Gasteiger partial charge in [0.05, 0.1) is 17.3 Å². The monoisotopic (exact) mass is 525 g/mol. The second-order valence-corrected chi connectivity index (χ2v) is 11.1. The number of hydrogen-bond donors (Lipinski definition) is 1. The summed E-state index contributed by atoms with van der Waals surface area (Å²) in [6, 6.07) is 9.18. The molecule has 1 unspecified atom stereocenters. The van der Waals surface area contributed by atoms with E-state index >= 15 is 0 Å². The minimum Gasteiger partial charge on any atom is -0.488 e. The average Bonchev–Trinajstić information content (AvgIpc) is 3.54. The second kappa shape index (κ2) is 9.72. The van der Waals surface area contributed by atoms with Gasteiger partial charge >= 0.3 is 0 Å². The lowest BCUT2D eigenvalue weighted by molar-refractivity contribution is -0.136. The van der Waals surface area contributed by atoms with Crippen LogP contribution in [-0.4, -0.2) is 62.7 Å². The van der Waals surface area contributed by atoms with Crippen molar-refractivity contribution in [2.75, 3.05) is 13.1 Å². The summed E-state index contributed by atoms with van der Waals surface area (Å²) in [4.78, 5) is 51.1. The third-order valence-electron chi connectivity index (χ3n) is 8.49. The highest BCUT2D eigenvalue weighted by molar-refractivity contribution is 6.05. The normalized spacial score (nSPS) is 21.8. The molecule has 7 rings (SSSR count). The number of ether oxygens (including phenoxy) is 1. The minimum atomic E-state index is -0.630. The van der Waals surface area contributed by atoms with Crippen molar-refractivity contribution in [3.8, 4) is 17.0 Å². The number of benzene rings is 1. The standard InChI is InChI=1S/C30H31N5O4/c36-26-9-8-24(29(37)33-26)35-17-19-14-18(6-7-22(19)30(35)38)23-15-20(16-34-12-1-2-13-34)27-28(32-23)25(10-11-31-27)39-21-4-3-5-21/h6-7,10-11,14-15,21,24H,1-5,8-9,12-13,16-17H2,(H,33,36,37). The first-order valence-electron chi connectivity index (χ1n) is 14.0. The Labute approximate surface area is 226 Å². The maximum Gasteiger partial charge on any atom is 0.255 e. The lowest BCUT2D eigenvalue weighted by Gasteiger charge is -2.29. The van der Waals surface area contributed by atoms with E-state index in [0.717, 1.165) is 71.6 Å². The summed E-state index contributed by atoms with van der Waals surface area (Å²) < 4.78 is 6.34. The van der Waals surface area contributed by atoms with Crippen LogP contribution in [0.15, 0.2) is 36.5 Å². The molecule has 1 aromatic carbocycles. The second-order valence-electron chi connectivity index (χ2n) is 11.1. The third-order valence-corrected chi connectivity index (χ3v) is 8.49. The summed E-state index contributed by atoms with van der Waals surface area (Å²) in [6.45, 7) is 3.29. The van der Waals surface area contributed by atoms with Crippen molar-refractivity contribution in [3.05, 3.63) is 53.2 Å². The number of amides is 3. The fourth-order valence-corrected chi connectivity index (χ4v) is 6.11. The van der Waals surface area contributed by atoms with Crippen LogP contribution in [-0.2, 0) is 22.7 Å². The number of likely N-dealkylation sites (tertiary alicyclic amines) is 1. The Bertz CT molecular complexity index is 1490. The molecule has 9 nitrogen and oxygen atoms in total. The van der Waals surface area contributed by atoms with Crippen molar-refractivity contribution in [1.29, 1.82) is 0 Å². The molecule has 1 N–H and O–H groups in total. The summed E-state index contributed by atoms with van der Waals surface area (Å²) >= 11 is 0. The Morgan fingerprint density at radius 2 is 1.82 bits per heavy atom. The molecule has 3 amide bonds. The maximum absolute atomic E-state index is 13.2. The fourth-order valence-electron chi connectivity index (χ4n) is 6.11. The number of nitrogens with one attached hydrogen (secondary N) is 1. The Balaban J connectivity index is 1.25. The molecule has 1 aliphatic carbocycles. The van der Waals surface area contributed by atoms with Crippen LogP contribution >= 0.6 is 0 Å². The molecule has 200 valence electrons. The van der Waals surface area contributed by atoms with Crippen LogP contribution in [0.3, 0.4) is 0 Å². The molecule has 3 fully saturated rings. The first-order valence-corrected chi connectivity index (χ1v) is 14.0. The first kappa shape index (κ1) is 24.2. The molecule has 2 aromatic heterocycles. The van der Waals surface area contributed by atoms with Crippen molar-refractivity contribution < 1.29 is 19.1 Å². The van der Waals surface area contributed by atoms with Gasteiger partial charge < -0.3 is 9.64 Å². The molecule has 1 atom stereocenters. The van der Waals surface area contributed by atoms with Gasteiger partial charge in [-0.3, -0.25) is 29.6 Å². The van der Waals surface area contributed by atoms with Crippen molar-refractivity contribution >= 4 is 28.8 Å². The van der Waals surface area contributed by atoms with E-state index in [9.17, 15) is 14.4 Å². The minimum absolute atomic E-state index is 0.173.